The van der Waals surface area contributed by atoms with Gasteiger partial charge in [0, 0.05) is 48.0 Å². The molecule has 0 amide bonds. The highest BCUT2D eigenvalue weighted by atomic mass is 19.1. The van der Waals surface area contributed by atoms with E-state index in [4.69, 9.17) is 11.1 Å². The molecule has 4 aromatic rings. The summed E-state index contributed by atoms with van der Waals surface area (Å²) in [5.74, 6) is 0.569. The van der Waals surface area contributed by atoms with E-state index < -0.39 is 0 Å². The second-order valence-electron chi connectivity index (χ2n) is 6.45. The van der Waals surface area contributed by atoms with Gasteiger partial charge in [-0.05, 0) is 35.9 Å². The van der Waals surface area contributed by atoms with E-state index in [1.165, 1.54) is 6.07 Å². The minimum Gasteiger partial charge on any atom is -0.383 e. The normalized spacial score (nSPS) is 10.6. The molecule has 0 unspecified atom stereocenters. The predicted octanol–water partition coefficient (Wildman–Crippen LogP) is 3.68. The largest absolute Gasteiger partial charge is 0.383 e. The Morgan fingerprint density at radius 3 is 2.57 bits per heavy atom. The second kappa shape index (κ2) is 8.44. The van der Waals surface area contributed by atoms with Crippen LogP contribution in [0.2, 0.25) is 0 Å². The Morgan fingerprint density at radius 2 is 1.80 bits per heavy atom. The molecule has 0 aliphatic heterocycles. The van der Waals surface area contributed by atoms with Crippen molar-refractivity contribution < 1.29 is 4.39 Å². The highest BCUT2D eigenvalue weighted by molar-refractivity contribution is 6.11. The number of nitrogens with one attached hydrogen (secondary N) is 2. The fourth-order valence-electron chi connectivity index (χ4n) is 2.96. The number of pyridine rings is 2. The molecule has 0 radical (unpaired) electrons. The van der Waals surface area contributed by atoms with Crippen molar-refractivity contribution in [2.45, 2.75) is 6.54 Å². The van der Waals surface area contributed by atoms with Gasteiger partial charge in [0.25, 0.3) is 0 Å². The van der Waals surface area contributed by atoms with Gasteiger partial charge < -0.3 is 11.1 Å². The first-order valence-corrected chi connectivity index (χ1v) is 9.18. The Labute approximate surface area is 172 Å². The van der Waals surface area contributed by atoms with Crippen LogP contribution in [0.1, 0.15) is 17.0 Å². The van der Waals surface area contributed by atoms with E-state index in [1.54, 1.807) is 55.1 Å². The first-order valence-electron chi connectivity index (χ1n) is 9.18. The number of anilines is 2. The van der Waals surface area contributed by atoms with Crippen LogP contribution >= 0.6 is 0 Å². The maximum atomic E-state index is 13.9. The van der Waals surface area contributed by atoms with E-state index in [0.29, 0.717) is 22.5 Å². The zero-order valence-electron chi connectivity index (χ0n) is 15.9. The summed E-state index contributed by atoms with van der Waals surface area (Å²) in [4.78, 5) is 16.9. The molecule has 3 aromatic heterocycles. The van der Waals surface area contributed by atoms with Crippen molar-refractivity contribution >= 4 is 17.3 Å². The van der Waals surface area contributed by atoms with Crippen molar-refractivity contribution in [1.82, 2.24) is 19.9 Å². The number of hydrogen-bond acceptors (Lipinski definition) is 7. The number of hydrogen-bond donors (Lipinski definition) is 3. The van der Waals surface area contributed by atoms with Crippen LogP contribution in [0, 0.1) is 11.2 Å². The van der Waals surface area contributed by atoms with Crippen molar-refractivity contribution in [2.24, 2.45) is 0 Å². The van der Waals surface area contributed by atoms with E-state index in [0.717, 1.165) is 5.56 Å². The minimum atomic E-state index is -0.305. The average Bonchev–Trinajstić information content (AvgIpc) is 2.79. The van der Waals surface area contributed by atoms with Gasteiger partial charge in [-0.3, -0.25) is 10.4 Å². The van der Waals surface area contributed by atoms with Gasteiger partial charge in [-0.1, -0.05) is 18.2 Å². The third-order valence-corrected chi connectivity index (χ3v) is 4.51. The zero-order valence-corrected chi connectivity index (χ0v) is 15.9. The van der Waals surface area contributed by atoms with E-state index in [9.17, 15) is 4.39 Å². The topological polar surface area (TPSA) is 113 Å². The van der Waals surface area contributed by atoms with Crippen LogP contribution in [0.3, 0.4) is 0 Å². The number of nitrogen functional groups attached to an aromatic ring is 1. The fourth-order valence-corrected chi connectivity index (χ4v) is 2.96. The van der Waals surface area contributed by atoms with E-state index in [2.05, 4.69) is 25.3 Å². The zero-order chi connectivity index (χ0) is 20.9. The summed E-state index contributed by atoms with van der Waals surface area (Å²) < 4.78 is 13.9. The summed E-state index contributed by atoms with van der Waals surface area (Å²) in [6, 6.07) is 13.6. The number of aromatic nitrogens is 4. The summed E-state index contributed by atoms with van der Waals surface area (Å²) in [5, 5.41) is 11.7. The van der Waals surface area contributed by atoms with E-state index in [1.807, 2.05) is 12.1 Å². The maximum absolute atomic E-state index is 13.9. The summed E-state index contributed by atoms with van der Waals surface area (Å²) in [6.45, 7) is 0.230. The monoisotopic (exact) mass is 399 g/mol. The molecule has 7 nitrogen and oxygen atoms in total. The van der Waals surface area contributed by atoms with Gasteiger partial charge in [0.05, 0.1) is 0 Å². The Hall–Kier alpha value is -4.20. The summed E-state index contributed by atoms with van der Waals surface area (Å²) >= 11 is 0. The predicted molar refractivity (Wildman–Crippen MR) is 114 cm³/mol. The third kappa shape index (κ3) is 3.97. The molecule has 4 rings (SSSR count). The summed E-state index contributed by atoms with van der Waals surface area (Å²) in [6.07, 6.45) is 6.51. The van der Waals surface area contributed by atoms with Gasteiger partial charge in [0.2, 0.25) is 0 Å². The lowest BCUT2D eigenvalue weighted by Gasteiger charge is -2.12. The summed E-state index contributed by atoms with van der Waals surface area (Å²) in [5.41, 5.74) is 8.68. The molecule has 30 heavy (non-hydrogen) atoms. The number of benzene rings is 1. The Morgan fingerprint density at radius 1 is 1.00 bits per heavy atom. The molecule has 148 valence electrons. The molecule has 0 spiro atoms. The van der Waals surface area contributed by atoms with Crippen LogP contribution in [0.4, 0.5) is 16.0 Å². The van der Waals surface area contributed by atoms with E-state index in [-0.39, 0.29) is 29.7 Å². The van der Waals surface area contributed by atoms with Gasteiger partial charge in [-0.25, -0.2) is 19.3 Å². The highest BCUT2D eigenvalue weighted by Gasteiger charge is 2.16. The molecule has 0 atom stereocenters. The lowest BCUT2D eigenvalue weighted by Crippen LogP contribution is -2.13. The molecule has 0 fully saturated rings. The molecule has 4 N–H and O–H groups in total. The van der Waals surface area contributed by atoms with Crippen molar-refractivity contribution in [2.75, 3.05) is 11.1 Å². The van der Waals surface area contributed by atoms with Crippen LogP contribution in [0.15, 0.2) is 73.3 Å². The minimum absolute atomic E-state index is 0.0621. The number of rotatable bonds is 6. The molecule has 0 saturated carbocycles. The number of halogens is 1. The second-order valence-corrected chi connectivity index (χ2v) is 6.45. The van der Waals surface area contributed by atoms with Gasteiger partial charge >= 0.3 is 0 Å². The van der Waals surface area contributed by atoms with Gasteiger partial charge in [-0.2, -0.15) is 0 Å². The molecular formula is C22H18FN7. The van der Waals surface area contributed by atoms with Crippen molar-refractivity contribution in [3.8, 4) is 11.1 Å². The highest BCUT2D eigenvalue weighted by Crippen LogP contribution is 2.24. The Kier molecular flexibility index (Phi) is 5.38. The lowest BCUT2D eigenvalue weighted by molar-refractivity contribution is 0.613. The SMILES string of the molecule is N=C(c1ncc(-c2ccncc2)c(N)n1)c1cccnc1NCc1ccccc1F. The van der Waals surface area contributed by atoms with Crippen LogP contribution in [0.5, 0.6) is 0 Å². The summed E-state index contributed by atoms with van der Waals surface area (Å²) in [7, 11) is 0. The van der Waals surface area contributed by atoms with Crippen LogP contribution < -0.4 is 11.1 Å². The standard InChI is InChI=1S/C22H18FN7/c23-18-6-2-1-4-15(18)12-28-21-16(5-3-9-27-21)19(24)22-29-13-17(20(25)30-22)14-7-10-26-11-8-14/h1-11,13,24H,12H2,(H,27,28)(H2,25,29,30). The van der Waals surface area contributed by atoms with Crippen molar-refractivity contribution in [3.63, 3.8) is 0 Å². The number of nitrogens with two attached hydrogens (primary N) is 1. The molecule has 3 heterocycles. The fraction of sp³-hybridized carbons (Fsp3) is 0.0455. The van der Waals surface area contributed by atoms with Crippen molar-refractivity contribution in [3.05, 3.63) is 96.1 Å². The lowest BCUT2D eigenvalue weighted by atomic mass is 10.1. The molecule has 0 saturated heterocycles. The van der Waals surface area contributed by atoms with E-state index >= 15 is 0 Å². The van der Waals surface area contributed by atoms with Crippen molar-refractivity contribution in [1.29, 1.82) is 5.41 Å². The molecule has 0 aliphatic rings. The van der Waals surface area contributed by atoms with Crippen LogP contribution in [0.25, 0.3) is 11.1 Å². The Balaban J connectivity index is 1.60. The first-order chi connectivity index (χ1) is 14.6. The van der Waals surface area contributed by atoms with Gasteiger partial charge in [-0.15, -0.1) is 0 Å². The van der Waals surface area contributed by atoms with Gasteiger partial charge in [0.1, 0.15) is 23.2 Å². The Bertz CT molecular complexity index is 1190. The van der Waals surface area contributed by atoms with Crippen LogP contribution in [-0.4, -0.2) is 25.6 Å². The molecule has 1 aromatic carbocycles. The first kappa shape index (κ1) is 19.1. The average molecular weight is 399 g/mol. The number of nitrogens with zero attached hydrogens (tertiary/aromatic N) is 4. The third-order valence-electron chi connectivity index (χ3n) is 4.51. The van der Waals surface area contributed by atoms with Gasteiger partial charge in [0.15, 0.2) is 5.82 Å². The maximum Gasteiger partial charge on any atom is 0.180 e. The van der Waals surface area contributed by atoms with Crippen LogP contribution in [-0.2, 0) is 6.54 Å². The molecule has 0 aliphatic carbocycles. The molecule has 0 bridgehead atoms. The quantitative estimate of drug-likeness (QED) is 0.426. The molecular weight excluding hydrogens is 381 g/mol. The smallest absolute Gasteiger partial charge is 0.180 e. The molecule has 8 heteroatoms.